The molecule has 24 heavy (non-hydrogen) atoms. The van der Waals surface area contributed by atoms with Crippen LogP contribution in [0.25, 0.3) is 0 Å². The lowest BCUT2D eigenvalue weighted by molar-refractivity contribution is -0.353. The molecule has 1 aromatic heterocycles. The van der Waals surface area contributed by atoms with Crippen molar-refractivity contribution in [1.82, 2.24) is 9.78 Å². The third-order valence-corrected chi connectivity index (χ3v) is 5.19. The van der Waals surface area contributed by atoms with E-state index in [1.807, 2.05) is 6.20 Å². The highest BCUT2D eigenvalue weighted by Crippen LogP contribution is 2.39. The number of aromatic nitrogens is 2. The molecule has 0 radical (unpaired) electrons. The number of morpholine rings is 1. The fourth-order valence-corrected chi connectivity index (χ4v) is 4.08. The van der Waals surface area contributed by atoms with E-state index in [1.165, 1.54) is 0 Å². The van der Waals surface area contributed by atoms with Crippen LogP contribution in [0.15, 0.2) is 12.4 Å². The van der Waals surface area contributed by atoms with Crippen molar-refractivity contribution >= 4 is 5.69 Å². The van der Waals surface area contributed by atoms with E-state index < -0.39 is 12.5 Å². The molecule has 1 saturated carbocycles. The Kier molecular flexibility index (Phi) is 3.97. The Morgan fingerprint density at radius 3 is 2.42 bits per heavy atom. The van der Waals surface area contributed by atoms with Gasteiger partial charge in [-0.1, -0.05) is 0 Å². The number of anilines is 1. The Bertz CT molecular complexity index is 574. The number of nitrogens with zero attached hydrogens (tertiary/aromatic N) is 3. The SMILES string of the molecule is N[C@@H]1C[C@H]2COC[C@@H](C1)N2c1cnn(C2CC(OC(F)(F)F)C2)c1. The van der Waals surface area contributed by atoms with Gasteiger partial charge in [0, 0.05) is 12.2 Å². The van der Waals surface area contributed by atoms with E-state index in [1.54, 1.807) is 10.9 Å². The highest BCUT2D eigenvalue weighted by Gasteiger charge is 2.42. The maximum absolute atomic E-state index is 12.2. The lowest BCUT2D eigenvalue weighted by Gasteiger charge is -2.48. The van der Waals surface area contributed by atoms with Crippen molar-refractivity contribution in [2.24, 2.45) is 5.73 Å². The first-order chi connectivity index (χ1) is 11.4. The van der Waals surface area contributed by atoms with Crippen molar-refractivity contribution in [3.05, 3.63) is 12.4 Å². The molecule has 3 fully saturated rings. The van der Waals surface area contributed by atoms with Crippen molar-refractivity contribution in [1.29, 1.82) is 0 Å². The van der Waals surface area contributed by atoms with Gasteiger partial charge in [0.05, 0.1) is 49.3 Å². The predicted molar refractivity (Wildman–Crippen MR) is 79.5 cm³/mol. The van der Waals surface area contributed by atoms with E-state index in [9.17, 15) is 13.2 Å². The van der Waals surface area contributed by atoms with Gasteiger partial charge in [-0.3, -0.25) is 9.42 Å². The maximum atomic E-state index is 12.2. The van der Waals surface area contributed by atoms with Crippen molar-refractivity contribution in [3.8, 4) is 0 Å². The second kappa shape index (κ2) is 5.89. The molecule has 1 aromatic rings. The van der Waals surface area contributed by atoms with Gasteiger partial charge in [0.1, 0.15) is 0 Å². The molecule has 134 valence electrons. The van der Waals surface area contributed by atoms with Gasteiger partial charge in [0.2, 0.25) is 0 Å². The van der Waals surface area contributed by atoms with Crippen molar-refractivity contribution in [2.75, 3.05) is 18.1 Å². The number of halogens is 3. The number of piperidine rings is 1. The molecule has 2 bridgehead atoms. The fourth-order valence-electron chi connectivity index (χ4n) is 4.08. The van der Waals surface area contributed by atoms with E-state index in [0.29, 0.717) is 26.1 Å². The molecule has 6 nitrogen and oxygen atoms in total. The van der Waals surface area contributed by atoms with E-state index in [-0.39, 0.29) is 24.2 Å². The molecule has 9 heteroatoms. The molecular formula is C15H21F3N4O2. The number of nitrogens with two attached hydrogens (primary N) is 1. The highest BCUT2D eigenvalue weighted by atomic mass is 19.4. The zero-order chi connectivity index (χ0) is 16.9. The minimum absolute atomic E-state index is 0.0331. The zero-order valence-electron chi connectivity index (χ0n) is 13.2. The normalized spacial score (nSPS) is 36.5. The summed E-state index contributed by atoms with van der Waals surface area (Å²) in [6.45, 7) is 1.31. The summed E-state index contributed by atoms with van der Waals surface area (Å²) in [5.41, 5.74) is 7.11. The second-order valence-electron chi connectivity index (χ2n) is 6.97. The summed E-state index contributed by atoms with van der Waals surface area (Å²) in [5.74, 6) is 0. The number of hydrogen-bond acceptors (Lipinski definition) is 5. The van der Waals surface area contributed by atoms with Crippen LogP contribution < -0.4 is 10.6 Å². The van der Waals surface area contributed by atoms with E-state index in [4.69, 9.17) is 10.5 Å². The summed E-state index contributed by atoms with van der Waals surface area (Å²) >= 11 is 0. The highest BCUT2D eigenvalue weighted by molar-refractivity contribution is 5.47. The van der Waals surface area contributed by atoms with Gasteiger partial charge in [0.25, 0.3) is 0 Å². The van der Waals surface area contributed by atoms with E-state index >= 15 is 0 Å². The van der Waals surface area contributed by atoms with Gasteiger partial charge in [-0.15, -0.1) is 13.2 Å². The molecular weight excluding hydrogens is 325 g/mol. The standard InChI is InChI=1S/C15H21F3N4O2/c16-15(17,18)24-14-3-10(4-14)21-6-13(5-20-21)22-11-1-9(19)2-12(22)8-23-7-11/h5-6,9-12,14H,1-4,7-8,19H2/t9-,10?,11+,12-,14?. The topological polar surface area (TPSA) is 65.5 Å². The summed E-state index contributed by atoms with van der Waals surface area (Å²) in [4.78, 5) is 2.32. The Morgan fingerprint density at radius 2 is 1.79 bits per heavy atom. The van der Waals surface area contributed by atoms with E-state index in [0.717, 1.165) is 18.5 Å². The first kappa shape index (κ1) is 16.2. The molecule has 1 aliphatic carbocycles. The largest absolute Gasteiger partial charge is 0.522 e. The van der Waals surface area contributed by atoms with Crippen molar-refractivity contribution < 1.29 is 22.6 Å². The Balaban J connectivity index is 1.41. The molecule has 2 saturated heterocycles. The Morgan fingerprint density at radius 1 is 1.12 bits per heavy atom. The van der Waals surface area contributed by atoms with Gasteiger partial charge in [0.15, 0.2) is 0 Å². The fraction of sp³-hybridized carbons (Fsp3) is 0.800. The molecule has 3 atom stereocenters. The van der Waals surface area contributed by atoms with Crippen LogP contribution >= 0.6 is 0 Å². The van der Waals surface area contributed by atoms with Crippen LogP contribution in [0.3, 0.4) is 0 Å². The van der Waals surface area contributed by atoms with Crippen LogP contribution in [-0.2, 0) is 9.47 Å². The first-order valence-electron chi connectivity index (χ1n) is 8.29. The Hall–Kier alpha value is -1.32. The van der Waals surface area contributed by atoms with Crippen LogP contribution in [0.5, 0.6) is 0 Å². The molecule has 0 amide bonds. The third-order valence-electron chi connectivity index (χ3n) is 5.19. The minimum Gasteiger partial charge on any atom is -0.377 e. The number of alkyl halides is 3. The van der Waals surface area contributed by atoms with Crippen LogP contribution in [0, 0.1) is 0 Å². The quantitative estimate of drug-likeness (QED) is 0.904. The summed E-state index contributed by atoms with van der Waals surface area (Å²) in [6, 6.07) is 0.650. The lowest BCUT2D eigenvalue weighted by Crippen LogP contribution is -2.59. The number of hydrogen-bond donors (Lipinski definition) is 1. The first-order valence-corrected chi connectivity index (χ1v) is 8.29. The summed E-state index contributed by atoms with van der Waals surface area (Å²) in [6.07, 6.45) is 0.830. The van der Waals surface area contributed by atoms with Crippen LogP contribution in [0.4, 0.5) is 18.9 Å². The number of ether oxygens (including phenoxy) is 2. The summed E-state index contributed by atoms with van der Waals surface area (Å²) < 4.78 is 48.0. The zero-order valence-corrected chi connectivity index (χ0v) is 13.2. The minimum atomic E-state index is -4.56. The molecule has 3 heterocycles. The van der Waals surface area contributed by atoms with Crippen molar-refractivity contribution in [3.63, 3.8) is 0 Å². The molecule has 2 N–H and O–H groups in total. The molecule has 4 rings (SSSR count). The Labute approximate surface area is 137 Å². The number of fused-ring (bicyclic) bond motifs is 2. The van der Waals surface area contributed by atoms with Crippen molar-refractivity contribution in [2.45, 2.75) is 62.3 Å². The monoisotopic (exact) mass is 346 g/mol. The number of rotatable bonds is 3. The smallest absolute Gasteiger partial charge is 0.377 e. The van der Waals surface area contributed by atoms with Gasteiger partial charge in [-0.05, 0) is 25.7 Å². The van der Waals surface area contributed by atoms with Crippen LogP contribution in [0.1, 0.15) is 31.7 Å². The van der Waals surface area contributed by atoms with Gasteiger partial charge < -0.3 is 15.4 Å². The lowest BCUT2D eigenvalue weighted by atomic mass is 9.89. The molecule has 0 spiro atoms. The van der Waals surface area contributed by atoms with Gasteiger partial charge >= 0.3 is 6.36 Å². The van der Waals surface area contributed by atoms with E-state index in [2.05, 4.69) is 14.7 Å². The van der Waals surface area contributed by atoms with Crippen LogP contribution in [-0.4, -0.2) is 53.6 Å². The molecule has 0 unspecified atom stereocenters. The predicted octanol–water partition coefficient (Wildman–Crippen LogP) is 1.82. The average molecular weight is 346 g/mol. The second-order valence-corrected chi connectivity index (χ2v) is 6.97. The molecule has 2 aliphatic heterocycles. The average Bonchev–Trinajstić information content (AvgIpc) is 2.89. The van der Waals surface area contributed by atoms with Gasteiger partial charge in [-0.25, -0.2) is 0 Å². The van der Waals surface area contributed by atoms with Gasteiger partial charge in [-0.2, -0.15) is 5.10 Å². The summed E-state index contributed by atoms with van der Waals surface area (Å²) in [5, 5.41) is 4.36. The van der Waals surface area contributed by atoms with Crippen LogP contribution in [0.2, 0.25) is 0 Å². The molecule has 0 aromatic carbocycles. The maximum Gasteiger partial charge on any atom is 0.522 e. The third kappa shape index (κ3) is 3.12. The molecule has 3 aliphatic rings. The summed E-state index contributed by atoms with van der Waals surface area (Å²) in [7, 11) is 0.